The first-order valence-corrected chi connectivity index (χ1v) is 11.6. The molecule has 9 heteroatoms. The molecule has 1 aliphatic carbocycles. The summed E-state index contributed by atoms with van der Waals surface area (Å²) < 4.78 is 21.2. The van der Waals surface area contributed by atoms with Crippen molar-refractivity contribution in [1.29, 1.82) is 0 Å². The van der Waals surface area contributed by atoms with E-state index in [9.17, 15) is 19.5 Å². The molecule has 0 saturated carbocycles. The maximum Gasteiger partial charge on any atom is 0.337 e. The Morgan fingerprint density at radius 1 is 1.17 bits per heavy atom. The van der Waals surface area contributed by atoms with E-state index >= 15 is 0 Å². The third-order valence-electron chi connectivity index (χ3n) is 6.68. The number of carbonyl (C=O) groups is 3. The molecule has 1 aromatic rings. The molecule has 0 bridgehead atoms. The van der Waals surface area contributed by atoms with Crippen molar-refractivity contribution in [2.45, 2.75) is 52.6 Å². The fraction of sp³-hybridized carbons (Fsp3) is 0.500. The normalized spacial score (nSPS) is 22.7. The van der Waals surface area contributed by atoms with Crippen LogP contribution < -0.4 is 14.8 Å². The zero-order chi connectivity index (χ0) is 26.0. The molecule has 0 aromatic heterocycles. The van der Waals surface area contributed by atoms with Crippen molar-refractivity contribution < 1.29 is 38.4 Å². The first-order valence-electron chi connectivity index (χ1n) is 11.6. The number of Topliss-reactive ketones (excluding diaryl/α,β-unsaturated/α-hetero) is 1. The lowest BCUT2D eigenvalue weighted by atomic mass is 9.69. The topological polar surface area (TPSA) is 120 Å². The van der Waals surface area contributed by atoms with Crippen molar-refractivity contribution in [3.8, 4) is 17.2 Å². The second-order valence-corrected chi connectivity index (χ2v) is 8.93. The summed E-state index contributed by atoms with van der Waals surface area (Å²) >= 11 is 0. The fourth-order valence-corrected chi connectivity index (χ4v) is 4.69. The summed E-state index contributed by atoms with van der Waals surface area (Å²) in [6.07, 6.45) is 0.688. The molecule has 0 amide bonds. The molecule has 0 unspecified atom stereocenters. The van der Waals surface area contributed by atoms with E-state index in [4.69, 9.17) is 18.9 Å². The monoisotopic (exact) mass is 487 g/mol. The second kappa shape index (κ2) is 10.4. The van der Waals surface area contributed by atoms with E-state index in [1.54, 1.807) is 26.0 Å². The molecule has 0 fully saturated rings. The first kappa shape index (κ1) is 26.1. The predicted molar refractivity (Wildman–Crippen MR) is 127 cm³/mol. The van der Waals surface area contributed by atoms with Gasteiger partial charge in [0, 0.05) is 22.9 Å². The van der Waals surface area contributed by atoms with Crippen LogP contribution in [-0.2, 0) is 23.9 Å². The average molecular weight is 488 g/mol. The summed E-state index contributed by atoms with van der Waals surface area (Å²) in [6, 6.07) is 3.11. The van der Waals surface area contributed by atoms with E-state index in [-0.39, 0.29) is 40.4 Å². The number of aromatic hydroxyl groups is 1. The van der Waals surface area contributed by atoms with Crippen LogP contribution in [0.1, 0.15) is 52.0 Å². The average Bonchev–Trinajstić information content (AvgIpc) is 2.82. The Hall–Kier alpha value is -3.49. The lowest BCUT2D eigenvalue weighted by Crippen LogP contribution is -2.43. The molecule has 2 aliphatic rings. The van der Waals surface area contributed by atoms with E-state index in [0.717, 1.165) is 0 Å². The lowest BCUT2D eigenvalue weighted by molar-refractivity contribution is -0.151. The predicted octanol–water partition coefficient (Wildman–Crippen LogP) is 3.36. The largest absolute Gasteiger partial charge is 0.502 e. The molecular weight excluding hydrogens is 454 g/mol. The number of rotatable bonds is 7. The van der Waals surface area contributed by atoms with Gasteiger partial charge in [-0.05, 0) is 50.3 Å². The van der Waals surface area contributed by atoms with Gasteiger partial charge in [-0.3, -0.25) is 9.59 Å². The van der Waals surface area contributed by atoms with Crippen molar-refractivity contribution in [3.05, 3.63) is 40.2 Å². The third-order valence-corrected chi connectivity index (χ3v) is 6.68. The van der Waals surface area contributed by atoms with Gasteiger partial charge in [0.05, 0.1) is 33.0 Å². The van der Waals surface area contributed by atoms with Crippen LogP contribution in [0, 0.1) is 11.8 Å². The Kier molecular flexibility index (Phi) is 7.77. The minimum absolute atomic E-state index is 0.119. The van der Waals surface area contributed by atoms with Crippen LogP contribution in [-0.4, -0.2) is 50.3 Å². The number of nitrogens with one attached hydrogen (secondary N) is 1. The van der Waals surface area contributed by atoms with Gasteiger partial charge in [-0.15, -0.1) is 0 Å². The van der Waals surface area contributed by atoms with Crippen molar-refractivity contribution in [2.24, 2.45) is 11.8 Å². The Morgan fingerprint density at radius 3 is 2.29 bits per heavy atom. The van der Waals surface area contributed by atoms with Crippen LogP contribution in [0.4, 0.5) is 0 Å². The highest BCUT2D eigenvalue weighted by atomic mass is 16.5. The molecule has 0 radical (unpaired) electrons. The summed E-state index contributed by atoms with van der Waals surface area (Å²) in [5.41, 5.74) is 2.19. The number of hydrogen-bond donors (Lipinski definition) is 2. The number of ketones is 1. The Morgan fingerprint density at radius 2 is 1.77 bits per heavy atom. The van der Waals surface area contributed by atoms with Crippen LogP contribution in [0.2, 0.25) is 0 Å². The Bertz CT molecular complexity index is 1080. The number of esters is 2. The number of benzene rings is 1. The zero-order valence-corrected chi connectivity index (χ0v) is 21.2. The van der Waals surface area contributed by atoms with Gasteiger partial charge in [0.15, 0.2) is 17.3 Å². The van der Waals surface area contributed by atoms with Gasteiger partial charge in [-0.1, -0.05) is 13.8 Å². The standard InChI is InChI=1S/C26H33NO8/c1-8-13(3)35-26(31)20-14(4)27-16-9-12(2)19(25(30)34-7)24(29)22(16)21(20)15-10-17(32-5)23(28)18(11-15)33-6/h10-13,19,21,27-28H,8-9H2,1-7H3/t12-,13-,19-,21-/m0/s1. The number of phenols is 1. The number of hydrogen-bond acceptors (Lipinski definition) is 9. The lowest BCUT2D eigenvalue weighted by Gasteiger charge is -2.38. The minimum Gasteiger partial charge on any atom is -0.502 e. The summed E-state index contributed by atoms with van der Waals surface area (Å²) in [5, 5.41) is 13.7. The van der Waals surface area contributed by atoms with Crippen molar-refractivity contribution in [3.63, 3.8) is 0 Å². The van der Waals surface area contributed by atoms with E-state index < -0.39 is 29.6 Å². The molecular formula is C26H33NO8. The quantitative estimate of drug-likeness (QED) is 0.440. The molecule has 190 valence electrons. The van der Waals surface area contributed by atoms with Crippen molar-refractivity contribution >= 4 is 17.7 Å². The Labute approximate surface area is 205 Å². The Balaban J connectivity index is 2.27. The minimum atomic E-state index is -1.01. The number of dihydropyridines is 1. The highest BCUT2D eigenvalue weighted by Crippen LogP contribution is 2.48. The maximum absolute atomic E-state index is 13.8. The molecule has 9 nitrogen and oxygen atoms in total. The number of carbonyl (C=O) groups excluding carboxylic acids is 3. The third kappa shape index (κ3) is 4.72. The molecule has 1 aromatic carbocycles. The second-order valence-electron chi connectivity index (χ2n) is 8.93. The molecule has 2 N–H and O–H groups in total. The maximum atomic E-state index is 13.8. The molecule has 1 heterocycles. The van der Waals surface area contributed by atoms with Gasteiger partial charge in [0.25, 0.3) is 0 Å². The fourth-order valence-electron chi connectivity index (χ4n) is 4.69. The van der Waals surface area contributed by atoms with Gasteiger partial charge in [-0.2, -0.15) is 0 Å². The van der Waals surface area contributed by atoms with Crippen LogP contribution in [0.5, 0.6) is 17.2 Å². The van der Waals surface area contributed by atoms with Crippen LogP contribution >= 0.6 is 0 Å². The number of allylic oxidation sites excluding steroid dienone is 3. The molecule has 1 aliphatic heterocycles. The van der Waals surface area contributed by atoms with E-state index in [1.807, 2.05) is 13.8 Å². The molecule has 4 atom stereocenters. The smallest absolute Gasteiger partial charge is 0.337 e. The van der Waals surface area contributed by atoms with Crippen LogP contribution in [0.15, 0.2) is 34.7 Å². The van der Waals surface area contributed by atoms with Gasteiger partial charge in [-0.25, -0.2) is 4.79 Å². The van der Waals surface area contributed by atoms with Crippen LogP contribution in [0.3, 0.4) is 0 Å². The van der Waals surface area contributed by atoms with Crippen molar-refractivity contribution in [1.82, 2.24) is 5.32 Å². The number of methoxy groups -OCH3 is 3. The molecule has 0 saturated heterocycles. The zero-order valence-electron chi connectivity index (χ0n) is 21.2. The van der Waals surface area contributed by atoms with E-state index in [1.165, 1.54) is 21.3 Å². The van der Waals surface area contributed by atoms with Crippen LogP contribution in [0.25, 0.3) is 0 Å². The summed E-state index contributed by atoms with van der Waals surface area (Å²) in [6.45, 7) is 7.26. The van der Waals surface area contributed by atoms with Gasteiger partial charge in [0.2, 0.25) is 5.75 Å². The molecule has 3 rings (SSSR count). The van der Waals surface area contributed by atoms with Crippen molar-refractivity contribution in [2.75, 3.05) is 21.3 Å². The SMILES string of the molecule is CC[C@H](C)OC(=O)C1=C(C)NC2=C(C(=O)[C@@H](C(=O)OC)[C@@H](C)C2)[C@H]1c1cc(OC)c(O)c(OC)c1. The van der Waals surface area contributed by atoms with E-state index in [0.29, 0.717) is 29.8 Å². The summed E-state index contributed by atoms with van der Waals surface area (Å²) in [7, 11) is 4.04. The van der Waals surface area contributed by atoms with E-state index in [2.05, 4.69) is 5.32 Å². The van der Waals surface area contributed by atoms with Gasteiger partial charge < -0.3 is 29.4 Å². The van der Waals surface area contributed by atoms with Gasteiger partial charge >= 0.3 is 11.9 Å². The first-order chi connectivity index (χ1) is 16.6. The molecule has 0 spiro atoms. The number of phenolic OH excluding ortho intramolecular Hbond substituents is 1. The summed E-state index contributed by atoms with van der Waals surface area (Å²) in [4.78, 5) is 39.7. The van der Waals surface area contributed by atoms with Gasteiger partial charge in [0.1, 0.15) is 5.92 Å². The molecule has 35 heavy (non-hydrogen) atoms. The summed E-state index contributed by atoms with van der Waals surface area (Å²) in [5.74, 6) is -3.77. The highest BCUT2D eigenvalue weighted by Gasteiger charge is 2.47. The number of ether oxygens (including phenoxy) is 4. The highest BCUT2D eigenvalue weighted by molar-refractivity contribution is 6.12.